The first-order valence-corrected chi connectivity index (χ1v) is 4.82. The highest BCUT2D eigenvalue weighted by atomic mass is 16.5. The molecule has 80 valence electrons. The van der Waals surface area contributed by atoms with Crippen LogP contribution in [0.4, 0.5) is 0 Å². The Kier molecular flexibility index (Phi) is 2.87. The number of ether oxygens (including phenoxy) is 2. The number of rotatable bonds is 2. The van der Waals surface area contributed by atoms with Crippen LogP contribution in [0, 0.1) is 0 Å². The first-order chi connectivity index (χ1) is 7.31. The van der Waals surface area contributed by atoms with Crippen molar-refractivity contribution in [1.29, 1.82) is 0 Å². The van der Waals surface area contributed by atoms with E-state index < -0.39 is 0 Å². The number of amides is 1. The summed E-state index contributed by atoms with van der Waals surface area (Å²) in [4.78, 5) is 13.6. The predicted molar refractivity (Wildman–Crippen MR) is 54.8 cm³/mol. The molecule has 1 fully saturated rings. The fourth-order valence-corrected chi connectivity index (χ4v) is 1.51. The fourth-order valence-electron chi connectivity index (χ4n) is 1.51. The summed E-state index contributed by atoms with van der Waals surface area (Å²) in [5.41, 5.74) is 0.639. The molecule has 1 aromatic rings. The maximum absolute atomic E-state index is 11.9. The molecular formula is C11H13NO3. The zero-order chi connectivity index (χ0) is 10.7. The van der Waals surface area contributed by atoms with Crippen molar-refractivity contribution in [2.24, 2.45) is 0 Å². The van der Waals surface area contributed by atoms with Gasteiger partial charge < -0.3 is 14.4 Å². The van der Waals surface area contributed by atoms with Crippen molar-refractivity contribution in [3.05, 3.63) is 29.8 Å². The van der Waals surface area contributed by atoms with E-state index in [1.54, 1.807) is 24.1 Å². The average Bonchev–Trinajstić information content (AvgIpc) is 2.81. The number of hydrogen-bond donors (Lipinski definition) is 0. The first kappa shape index (κ1) is 9.98. The number of benzene rings is 1. The molecule has 1 amide bonds. The summed E-state index contributed by atoms with van der Waals surface area (Å²) in [6.45, 7) is 1.67. The van der Waals surface area contributed by atoms with Gasteiger partial charge in [0.05, 0.1) is 13.7 Å². The number of carbonyl (C=O) groups is 1. The zero-order valence-electron chi connectivity index (χ0n) is 8.60. The number of nitrogens with zero attached hydrogens (tertiary/aromatic N) is 1. The van der Waals surface area contributed by atoms with E-state index in [0.717, 1.165) is 0 Å². The van der Waals surface area contributed by atoms with Gasteiger partial charge in [-0.2, -0.15) is 0 Å². The van der Waals surface area contributed by atoms with Gasteiger partial charge in [-0.05, 0) is 18.2 Å². The summed E-state index contributed by atoms with van der Waals surface area (Å²) in [6.07, 6.45) is 0. The van der Waals surface area contributed by atoms with Crippen molar-refractivity contribution < 1.29 is 14.3 Å². The van der Waals surface area contributed by atoms with Gasteiger partial charge >= 0.3 is 0 Å². The van der Waals surface area contributed by atoms with E-state index in [1.807, 2.05) is 12.1 Å². The summed E-state index contributed by atoms with van der Waals surface area (Å²) in [6, 6.07) is 7.14. The molecule has 4 nitrogen and oxygen atoms in total. The van der Waals surface area contributed by atoms with Crippen LogP contribution in [0.3, 0.4) is 0 Å². The van der Waals surface area contributed by atoms with Crippen molar-refractivity contribution in [3.8, 4) is 5.75 Å². The van der Waals surface area contributed by atoms with E-state index in [1.165, 1.54) is 0 Å². The quantitative estimate of drug-likeness (QED) is 0.729. The molecule has 0 unspecified atom stereocenters. The Bertz CT molecular complexity index is 359. The standard InChI is InChI=1S/C11H13NO3/c1-14-10-4-2-3-9(7-10)11(13)12-5-6-15-8-12/h2-4,7H,5-6,8H2,1H3. The topological polar surface area (TPSA) is 38.8 Å². The molecule has 0 N–H and O–H groups in total. The monoisotopic (exact) mass is 207 g/mol. The smallest absolute Gasteiger partial charge is 0.255 e. The highest BCUT2D eigenvalue weighted by Crippen LogP contribution is 2.15. The molecule has 0 radical (unpaired) electrons. The Hall–Kier alpha value is -1.55. The highest BCUT2D eigenvalue weighted by Gasteiger charge is 2.19. The van der Waals surface area contributed by atoms with Crippen LogP contribution in [0.1, 0.15) is 10.4 Å². The molecule has 0 saturated carbocycles. The van der Waals surface area contributed by atoms with Crippen molar-refractivity contribution in [2.45, 2.75) is 0 Å². The predicted octanol–water partition coefficient (Wildman–Crippen LogP) is 1.13. The minimum atomic E-state index is -0.00796. The molecule has 4 heteroatoms. The average molecular weight is 207 g/mol. The zero-order valence-corrected chi connectivity index (χ0v) is 8.60. The Morgan fingerprint density at radius 3 is 3.07 bits per heavy atom. The Balaban J connectivity index is 2.17. The lowest BCUT2D eigenvalue weighted by Crippen LogP contribution is -2.28. The second-order valence-corrected chi connectivity index (χ2v) is 3.34. The van der Waals surface area contributed by atoms with Crippen LogP contribution in [0.15, 0.2) is 24.3 Å². The van der Waals surface area contributed by atoms with Crippen LogP contribution < -0.4 is 4.74 Å². The second-order valence-electron chi connectivity index (χ2n) is 3.34. The molecule has 1 aliphatic heterocycles. The lowest BCUT2D eigenvalue weighted by atomic mass is 10.2. The van der Waals surface area contributed by atoms with Gasteiger partial charge in [0.15, 0.2) is 0 Å². The van der Waals surface area contributed by atoms with E-state index >= 15 is 0 Å². The molecule has 1 saturated heterocycles. The molecular weight excluding hydrogens is 194 g/mol. The van der Waals surface area contributed by atoms with E-state index in [4.69, 9.17) is 9.47 Å². The molecule has 15 heavy (non-hydrogen) atoms. The normalized spacial score (nSPS) is 15.4. The molecule has 0 bridgehead atoms. The molecule has 0 atom stereocenters. The third-order valence-corrected chi connectivity index (χ3v) is 2.36. The Morgan fingerprint density at radius 1 is 1.53 bits per heavy atom. The van der Waals surface area contributed by atoms with E-state index in [9.17, 15) is 4.79 Å². The van der Waals surface area contributed by atoms with Gasteiger partial charge in [-0.3, -0.25) is 4.79 Å². The van der Waals surface area contributed by atoms with Gasteiger partial charge in [0.2, 0.25) is 0 Å². The van der Waals surface area contributed by atoms with Crippen molar-refractivity contribution in [1.82, 2.24) is 4.90 Å². The fraction of sp³-hybridized carbons (Fsp3) is 0.364. The second kappa shape index (κ2) is 4.31. The van der Waals surface area contributed by atoms with Crippen LogP contribution in [-0.2, 0) is 4.74 Å². The van der Waals surface area contributed by atoms with Gasteiger partial charge in [0.1, 0.15) is 12.5 Å². The molecule has 0 spiro atoms. The minimum Gasteiger partial charge on any atom is -0.497 e. The molecule has 2 rings (SSSR count). The van der Waals surface area contributed by atoms with Crippen molar-refractivity contribution in [3.63, 3.8) is 0 Å². The van der Waals surface area contributed by atoms with Crippen molar-refractivity contribution in [2.75, 3.05) is 27.0 Å². The van der Waals surface area contributed by atoms with Crippen LogP contribution in [0.2, 0.25) is 0 Å². The van der Waals surface area contributed by atoms with Crippen LogP contribution in [0.5, 0.6) is 5.75 Å². The van der Waals surface area contributed by atoms with Crippen LogP contribution in [-0.4, -0.2) is 37.8 Å². The maximum Gasteiger partial charge on any atom is 0.255 e. The third kappa shape index (κ3) is 2.10. The maximum atomic E-state index is 11.9. The van der Waals surface area contributed by atoms with Crippen LogP contribution >= 0.6 is 0 Å². The first-order valence-electron chi connectivity index (χ1n) is 4.82. The molecule has 1 aromatic carbocycles. The van der Waals surface area contributed by atoms with Gasteiger partial charge in [0, 0.05) is 12.1 Å². The number of carbonyl (C=O) groups excluding carboxylic acids is 1. The van der Waals surface area contributed by atoms with Crippen LogP contribution in [0.25, 0.3) is 0 Å². The van der Waals surface area contributed by atoms with Gasteiger partial charge in [-0.15, -0.1) is 0 Å². The van der Waals surface area contributed by atoms with E-state index in [0.29, 0.717) is 31.2 Å². The molecule has 1 heterocycles. The lowest BCUT2D eigenvalue weighted by molar-refractivity contribution is 0.0694. The SMILES string of the molecule is COc1cccc(C(=O)N2CCOC2)c1. The Labute approximate surface area is 88.4 Å². The van der Waals surface area contributed by atoms with Gasteiger partial charge in [-0.25, -0.2) is 0 Å². The molecule has 1 aliphatic rings. The lowest BCUT2D eigenvalue weighted by Gasteiger charge is -2.13. The van der Waals surface area contributed by atoms with E-state index in [2.05, 4.69) is 0 Å². The number of methoxy groups -OCH3 is 1. The van der Waals surface area contributed by atoms with Gasteiger partial charge in [0.25, 0.3) is 5.91 Å². The van der Waals surface area contributed by atoms with Gasteiger partial charge in [-0.1, -0.05) is 6.07 Å². The molecule has 0 aliphatic carbocycles. The summed E-state index contributed by atoms with van der Waals surface area (Å²) >= 11 is 0. The third-order valence-electron chi connectivity index (χ3n) is 2.36. The summed E-state index contributed by atoms with van der Waals surface area (Å²) < 4.78 is 10.2. The van der Waals surface area contributed by atoms with E-state index in [-0.39, 0.29) is 5.91 Å². The summed E-state index contributed by atoms with van der Waals surface area (Å²) in [5, 5.41) is 0. The Morgan fingerprint density at radius 2 is 2.40 bits per heavy atom. The van der Waals surface area contributed by atoms with Crippen molar-refractivity contribution >= 4 is 5.91 Å². The summed E-state index contributed by atoms with van der Waals surface area (Å²) in [7, 11) is 1.59. The highest BCUT2D eigenvalue weighted by molar-refractivity contribution is 5.94. The number of hydrogen-bond acceptors (Lipinski definition) is 3. The minimum absolute atomic E-state index is 0.00796. The summed E-state index contributed by atoms with van der Waals surface area (Å²) in [5.74, 6) is 0.687. The largest absolute Gasteiger partial charge is 0.497 e. The molecule has 0 aromatic heterocycles.